The Labute approximate surface area is 282 Å². The Kier molecular flexibility index (Phi) is 7.50. The van der Waals surface area contributed by atoms with E-state index in [1.807, 2.05) is 0 Å². The van der Waals surface area contributed by atoms with E-state index in [9.17, 15) is 5.11 Å². The molecule has 0 unspecified atom stereocenters. The van der Waals surface area contributed by atoms with Gasteiger partial charge in [-0.25, -0.2) is 19.9 Å². The van der Waals surface area contributed by atoms with E-state index in [-0.39, 0.29) is 0 Å². The maximum absolute atomic E-state index is 10.1. The minimum atomic E-state index is -1.04. The zero-order valence-electron chi connectivity index (χ0n) is 26.4. The number of aromatic nitrogens is 6. The SMILES string of the molecule is Brc1ccc2nc3n(c2c1)[C@@H](c1ccccc1)CC3.CC(C)(O)c1ncc(-c2ccc3nc4n(c3c2)[C@@H](c2ccccc2)CC4)cn1. The van der Waals surface area contributed by atoms with Gasteiger partial charge >= 0.3 is 0 Å². The molecule has 2 atom stereocenters. The molecule has 0 saturated carbocycles. The summed E-state index contributed by atoms with van der Waals surface area (Å²) in [6, 6.07) is 34.7. The van der Waals surface area contributed by atoms with Crippen molar-refractivity contribution in [3.63, 3.8) is 0 Å². The second-order valence-electron chi connectivity index (χ2n) is 12.9. The van der Waals surface area contributed by atoms with Gasteiger partial charge in [-0.1, -0.05) is 82.7 Å². The van der Waals surface area contributed by atoms with Gasteiger partial charge in [0, 0.05) is 35.3 Å². The molecule has 0 saturated heterocycles. The Balaban J connectivity index is 0.000000148. The molecule has 3 aromatic heterocycles. The van der Waals surface area contributed by atoms with Gasteiger partial charge in [-0.15, -0.1) is 0 Å². The van der Waals surface area contributed by atoms with Crippen LogP contribution in [0.1, 0.15) is 67.4 Å². The summed E-state index contributed by atoms with van der Waals surface area (Å²) >= 11 is 3.56. The number of aliphatic hydroxyl groups is 1. The van der Waals surface area contributed by atoms with Crippen molar-refractivity contribution in [3.05, 3.63) is 143 Å². The molecule has 1 N–H and O–H groups in total. The normalized spacial score (nSPS) is 17.0. The Morgan fingerprint density at radius 1 is 0.660 bits per heavy atom. The number of fused-ring (bicyclic) bond motifs is 6. The fraction of sp³-hybridized carbons (Fsp3) is 0.231. The number of halogens is 1. The van der Waals surface area contributed by atoms with Crippen molar-refractivity contribution >= 4 is 38.0 Å². The van der Waals surface area contributed by atoms with Crippen molar-refractivity contribution in [2.45, 2.75) is 57.2 Å². The number of aryl methyl sites for hydroxylation is 2. The molecule has 0 spiro atoms. The third-order valence-electron chi connectivity index (χ3n) is 9.29. The van der Waals surface area contributed by atoms with Crippen LogP contribution in [-0.2, 0) is 18.4 Å². The Morgan fingerprint density at radius 2 is 1.17 bits per heavy atom. The summed E-state index contributed by atoms with van der Waals surface area (Å²) in [6.45, 7) is 3.38. The van der Waals surface area contributed by atoms with Gasteiger partial charge in [0.05, 0.1) is 34.2 Å². The second-order valence-corrected chi connectivity index (χ2v) is 13.8. The molecule has 5 heterocycles. The third-order valence-corrected chi connectivity index (χ3v) is 9.79. The summed E-state index contributed by atoms with van der Waals surface area (Å²) < 4.78 is 5.89. The lowest BCUT2D eigenvalue weighted by Crippen LogP contribution is -2.19. The summed E-state index contributed by atoms with van der Waals surface area (Å²) in [6.07, 6.45) is 7.83. The Bertz CT molecular complexity index is 2200. The van der Waals surface area contributed by atoms with Gasteiger partial charge in [0.1, 0.15) is 17.2 Å². The highest BCUT2D eigenvalue weighted by molar-refractivity contribution is 9.10. The smallest absolute Gasteiger partial charge is 0.159 e. The van der Waals surface area contributed by atoms with Crippen molar-refractivity contribution in [1.82, 2.24) is 29.1 Å². The van der Waals surface area contributed by atoms with E-state index in [1.54, 1.807) is 26.2 Å². The van der Waals surface area contributed by atoms with Crippen molar-refractivity contribution in [3.8, 4) is 11.1 Å². The monoisotopic (exact) mass is 682 g/mol. The van der Waals surface area contributed by atoms with Crippen LogP contribution < -0.4 is 0 Å². The zero-order chi connectivity index (χ0) is 32.1. The number of imidazole rings is 2. The second kappa shape index (κ2) is 11.9. The minimum Gasteiger partial charge on any atom is -0.382 e. The van der Waals surface area contributed by atoms with E-state index in [1.165, 1.54) is 22.5 Å². The fourth-order valence-corrected chi connectivity index (χ4v) is 7.40. The van der Waals surface area contributed by atoms with Crippen LogP contribution in [0.15, 0.2) is 114 Å². The largest absolute Gasteiger partial charge is 0.382 e. The van der Waals surface area contributed by atoms with E-state index >= 15 is 0 Å². The molecule has 0 bridgehead atoms. The Hall–Kier alpha value is -4.66. The lowest BCUT2D eigenvalue weighted by Gasteiger charge is -2.16. The predicted molar refractivity (Wildman–Crippen MR) is 189 cm³/mol. The average Bonchev–Trinajstić information content (AvgIpc) is 3.86. The van der Waals surface area contributed by atoms with Gasteiger partial charge in [-0.3, -0.25) is 0 Å². The van der Waals surface area contributed by atoms with Crippen molar-refractivity contribution in [1.29, 1.82) is 0 Å². The number of nitrogens with zero attached hydrogens (tertiary/aromatic N) is 6. The van der Waals surface area contributed by atoms with Gasteiger partial charge in [0.2, 0.25) is 0 Å². The topological polar surface area (TPSA) is 81.6 Å². The van der Waals surface area contributed by atoms with Crippen LogP contribution in [0.25, 0.3) is 33.2 Å². The van der Waals surface area contributed by atoms with Crippen LogP contribution in [0.2, 0.25) is 0 Å². The Morgan fingerprint density at radius 3 is 1.70 bits per heavy atom. The molecule has 234 valence electrons. The molecule has 2 aliphatic heterocycles. The first-order chi connectivity index (χ1) is 22.8. The van der Waals surface area contributed by atoms with Crippen molar-refractivity contribution in [2.24, 2.45) is 0 Å². The molecule has 47 heavy (non-hydrogen) atoms. The number of benzene rings is 4. The van der Waals surface area contributed by atoms with Crippen LogP contribution in [0.3, 0.4) is 0 Å². The summed E-state index contributed by atoms with van der Waals surface area (Å²) in [7, 11) is 0. The molecule has 0 amide bonds. The van der Waals surface area contributed by atoms with Gasteiger partial charge in [0.25, 0.3) is 0 Å². The van der Waals surface area contributed by atoms with Crippen molar-refractivity contribution in [2.75, 3.05) is 0 Å². The predicted octanol–water partition coefficient (Wildman–Crippen LogP) is 8.59. The van der Waals surface area contributed by atoms with Gasteiger partial charge in [-0.05, 0) is 73.7 Å². The molecule has 7 aromatic rings. The fourth-order valence-electron chi connectivity index (χ4n) is 7.05. The molecule has 9 rings (SSSR count). The highest BCUT2D eigenvalue weighted by Gasteiger charge is 2.28. The minimum absolute atomic E-state index is 0.324. The first kappa shape index (κ1) is 29.7. The van der Waals surface area contributed by atoms with Crippen LogP contribution in [-0.4, -0.2) is 34.2 Å². The van der Waals surface area contributed by atoms with Crippen LogP contribution in [0.5, 0.6) is 0 Å². The molecule has 8 heteroatoms. The summed E-state index contributed by atoms with van der Waals surface area (Å²) in [5, 5.41) is 10.1. The average molecular weight is 684 g/mol. The van der Waals surface area contributed by atoms with E-state index in [0.29, 0.717) is 17.9 Å². The molecule has 2 aliphatic rings. The third kappa shape index (κ3) is 5.55. The molecular formula is C39H35BrN6O. The van der Waals surface area contributed by atoms with Crippen molar-refractivity contribution < 1.29 is 5.11 Å². The van der Waals surface area contributed by atoms with Gasteiger partial charge in [-0.2, -0.15) is 0 Å². The first-order valence-electron chi connectivity index (χ1n) is 16.2. The quantitative estimate of drug-likeness (QED) is 0.201. The van der Waals surface area contributed by atoms with Crippen LogP contribution in [0.4, 0.5) is 0 Å². The molecular weight excluding hydrogens is 648 g/mol. The highest BCUT2D eigenvalue weighted by atomic mass is 79.9. The molecule has 4 aromatic carbocycles. The van der Waals surface area contributed by atoms with E-state index in [4.69, 9.17) is 9.97 Å². The van der Waals surface area contributed by atoms with Gasteiger partial charge in [0.15, 0.2) is 5.82 Å². The molecule has 7 nitrogen and oxygen atoms in total. The van der Waals surface area contributed by atoms with E-state index in [2.05, 4.69) is 132 Å². The summed E-state index contributed by atoms with van der Waals surface area (Å²) in [5.41, 5.74) is 8.13. The first-order valence-corrected chi connectivity index (χ1v) is 17.0. The lowest BCUT2D eigenvalue weighted by atomic mass is 10.0. The highest BCUT2D eigenvalue weighted by Crippen LogP contribution is 2.38. The van der Waals surface area contributed by atoms with Crippen LogP contribution in [0, 0.1) is 0 Å². The molecule has 0 aliphatic carbocycles. The number of hydrogen-bond donors (Lipinski definition) is 1. The zero-order valence-corrected chi connectivity index (χ0v) is 28.0. The number of rotatable bonds is 4. The number of hydrogen-bond acceptors (Lipinski definition) is 5. The van der Waals surface area contributed by atoms with Gasteiger partial charge < -0.3 is 14.2 Å². The summed E-state index contributed by atoms with van der Waals surface area (Å²) in [5.74, 6) is 2.78. The molecule has 0 radical (unpaired) electrons. The standard InChI is InChI=1S/C23H22N4O.C16H13BrN2/c1-23(2,28)22-24-13-17(14-25-22)16-8-9-18-20(12-16)27-19(10-11-21(27)26-18)15-6-4-3-5-7-15;17-12-6-7-13-15(10-12)19-14(8-9-16(19)18-13)11-4-2-1-3-5-11/h3-9,12-14,19,28H,10-11H2,1-2H3;1-7,10,14H,8-9H2/t19-;14-/m11/s1. The molecule has 0 fully saturated rings. The lowest BCUT2D eigenvalue weighted by molar-refractivity contribution is 0.0687. The van der Waals surface area contributed by atoms with E-state index in [0.717, 1.165) is 63.7 Å². The summed E-state index contributed by atoms with van der Waals surface area (Å²) in [4.78, 5) is 18.3. The maximum atomic E-state index is 10.1. The maximum Gasteiger partial charge on any atom is 0.159 e. The van der Waals surface area contributed by atoms with E-state index < -0.39 is 5.60 Å². The van der Waals surface area contributed by atoms with Crippen LogP contribution >= 0.6 is 15.9 Å².